The first kappa shape index (κ1) is 21.7. The molecule has 3 aliphatic rings. The lowest BCUT2D eigenvalue weighted by Crippen LogP contribution is -2.37. The minimum atomic E-state index is -4.30. The first-order chi connectivity index (χ1) is 15.2. The summed E-state index contributed by atoms with van der Waals surface area (Å²) in [5.74, 6) is 0.0738. The summed E-state index contributed by atoms with van der Waals surface area (Å²) >= 11 is 0. The van der Waals surface area contributed by atoms with Crippen molar-refractivity contribution in [2.75, 3.05) is 31.1 Å². The third-order valence-corrected chi connectivity index (χ3v) is 10.8. The molecule has 1 saturated heterocycles. The van der Waals surface area contributed by atoms with Crippen LogP contribution in [0.25, 0.3) is 11.4 Å². The standard InChI is InChI=1S/C17H25N9O4S2/c18-8-10(27)9-20-31(28)12-2-1-11(26-5-3-17(4-6-26)7-13(17)19)14(16-21-23-24-22-16)15(12)32(29,30)25-31/h1-2,10,13,27H,3-9,18-19H2,(H,20,25,28)(H,21,22,23,24)/t10-,13?,31?/m1/s1. The molecule has 1 aromatic carbocycles. The van der Waals surface area contributed by atoms with Crippen molar-refractivity contribution >= 4 is 25.6 Å². The number of nitrogens with two attached hydrogens (primary N) is 2. The Kier molecular flexibility index (Phi) is 5.03. The zero-order valence-corrected chi connectivity index (χ0v) is 18.8. The highest BCUT2D eigenvalue weighted by Gasteiger charge is 2.53. The number of aliphatic hydroxyl groups is 1. The van der Waals surface area contributed by atoms with E-state index in [0.29, 0.717) is 18.8 Å². The van der Waals surface area contributed by atoms with Gasteiger partial charge in [-0.1, -0.05) is 3.77 Å². The molecule has 13 nitrogen and oxygen atoms in total. The van der Waals surface area contributed by atoms with Crippen molar-refractivity contribution in [1.82, 2.24) is 25.3 Å². The number of hydrogen-bond donors (Lipinski definition) is 5. The van der Waals surface area contributed by atoms with Gasteiger partial charge in [0.1, 0.15) is 4.90 Å². The molecule has 0 radical (unpaired) electrons. The highest BCUT2D eigenvalue weighted by Crippen LogP contribution is 2.53. The van der Waals surface area contributed by atoms with Crippen molar-refractivity contribution in [3.05, 3.63) is 12.1 Å². The molecular formula is C17H25N9O4S2. The normalized spacial score (nSPS) is 28.3. The van der Waals surface area contributed by atoms with E-state index in [1.54, 1.807) is 6.07 Å². The molecule has 2 fully saturated rings. The van der Waals surface area contributed by atoms with Gasteiger partial charge in [0, 0.05) is 37.9 Å². The number of nitrogens with zero attached hydrogens (tertiary/aromatic N) is 5. The van der Waals surface area contributed by atoms with Crippen molar-refractivity contribution in [1.29, 1.82) is 0 Å². The van der Waals surface area contributed by atoms with Crippen molar-refractivity contribution in [3.8, 4) is 11.4 Å². The lowest BCUT2D eigenvalue weighted by molar-refractivity contribution is 0.187. The number of aromatic nitrogens is 4. The van der Waals surface area contributed by atoms with Crippen molar-refractivity contribution in [2.24, 2.45) is 20.7 Å². The summed E-state index contributed by atoms with van der Waals surface area (Å²) in [7, 11) is -7.85. The Labute approximate surface area is 185 Å². The number of fused-ring (bicyclic) bond motifs is 1. The van der Waals surface area contributed by atoms with Gasteiger partial charge in [-0.15, -0.1) is 10.2 Å². The maximum absolute atomic E-state index is 13.5. The SMILES string of the molecule is NC[C@@H](O)CNS1(=O)=NS(=O)(=O)c2c1ccc(N1CCC3(CC1)CC3N)c2-c1nn[nH]n1. The van der Waals surface area contributed by atoms with Gasteiger partial charge in [0.25, 0.3) is 10.0 Å². The maximum Gasteiger partial charge on any atom is 0.293 e. The number of H-pyrrole nitrogens is 1. The van der Waals surface area contributed by atoms with Crippen LogP contribution in [-0.2, 0) is 19.9 Å². The third-order valence-electron chi connectivity index (χ3n) is 6.57. The Morgan fingerprint density at radius 1 is 1.31 bits per heavy atom. The summed E-state index contributed by atoms with van der Waals surface area (Å²) in [6.07, 6.45) is 1.83. The minimum Gasteiger partial charge on any atom is -0.390 e. The summed E-state index contributed by atoms with van der Waals surface area (Å²) in [5.41, 5.74) is 12.5. The van der Waals surface area contributed by atoms with E-state index in [4.69, 9.17) is 11.5 Å². The molecule has 0 bridgehead atoms. The lowest BCUT2D eigenvalue weighted by atomic mass is 9.92. The van der Waals surface area contributed by atoms with Crippen LogP contribution in [0, 0.1) is 5.41 Å². The average Bonchev–Trinajstić information content (AvgIpc) is 3.11. The van der Waals surface area contributed by atoms with Crippen molar-refractivity contribution < 1.29 is 17.7 Å². The number of benzene rings is 1. The van der Waals surface area contributed by atoms with Crippen LogP contribution in [0.3, 0.4) is 0 Å². The molecule has 3 atom stereocenters. The van der Waals surface area contributed by atoms with Crippen LogP contribution in [0.15, 0.2) is 25.7 Å². The lowest BCUT2D eigenvalue weighted by Gasteiger charge is -2.35. The monoisotopic (exact) mass is 483 g/mol. The number of nitrogens with one attached hydrogen (secondary N) is 2. The fourth-order valence-electron chi connectivity index (χ4n) is 4.53. The fourth-order valence-corrected chi connectivity index (χ4v) is 9.08. The number of tetrazole rings is 1. The van der Waals surface area contributed by atoms with E-state index < -0.39 is 26.0 Å². The predicted octanol–water partition coefficient (Wildman–Crippen LogP) is -1.46. The van der Waals surface area contributed by atoms with Crippen LogP contribution >= 0.6 is 0 Å². The highest BCUT2D eigenvalue weighted by atomic mass is 32.3. The van der Waals surface area contributed by atoms with Gasteiger partial charge in [-0.2, -0.15) is 13.6 Å². The van der Waals surface area contributed by atoms with Gasteiger partial charge >= 0.3 is 0 Å². The molecule has 1 saturated carbocycles. The molecule has 2 aromatic rings. The summed E-state index contributed by atoms with van der Waals surface area (Å²) in [6.45, 7) is 1.15. The second-order valence-corrected chi connectivity index (χ2v) is 12.2. The van der Waals surface area contributed by atoms with Crippen LogP contribution < -0.4 is 21.1 Å². The number of anilines is 1. The average molecular weight is 484 g/mol. The van der Waals surface area contributed by atoms with Gasteiger partial charge in [-0.25, -0.2) is 8.93 Å². The quantitative estimate of drug-likeness (QED) is 0.322. The van der Waals surface area contributed by atoms with Crippen molar-refractivity contribution in [3.63, 3.8) is 0 Å². The Morgan fingerprint density at radius 2 is 2.03 bits per heavy atom. The number of piperidine rings is 1. The second kappa shape index (κ2) is 7.43. The third kappa shape index (κ3) is 3.39. The van der Waals surface area contributed by atoms with Gasteiger partial charge in [0.05, 0.1) is 16.6 Å². The van der Waals surface area contributed by atoms with Crippen LogP contribution in [0.5, 0.6) is 0 Å². The van der Waals surface area contributed by atoms with Gasteiger partial charge in [0.15, 0.2) is 9.92 Å². The molecular weight excluding hydrogens is 458 g/mol. The fraction of sp³-hybridized carbons (Fsp3) is 0.588. The van der Waals surface area contributed by atoms with Crippen LogP contribution in [0.4, 0.5) is 5.69 Å². The second-order valence-electron chi connectivity index (χ2n) is 8.50. The Bertz CT molecular complexity index is 1260. The summed E-state index contributed by atoms with van der Waals surface area (Å²) < 4.78 is 45.9. The summed E-state index contributed by atoms with van der Waals surface area (Å²) in [4.78, 5) is 1.87. The highest BCUT2D eigenvalue weighted by molar-refractivity contribution is 8.05. The minimum absolute atomic E-state index is 0.00275. The molecule has 5 rings (SSSR count). The van der Waals surface area contributed by atoms with Gasteiger partial charge in [0.2, 0.25) is 5.82 Å². The summed E-state index contributed by atoms with van der Waals surface area (Å²) in [6, 6.07) is 3.44. The Morgan fingerprint density at radius 3 is 2.62 bits per heavy atom. The Balaban J connectivity index is 1.60. The van der Waals surface area contributed by atoms with E-state index in [0.717, 1.165) is 19.3 Å². The van der Waals surface area contributed by atoms with E-state index in [1.807, 2.05) is 0 Å². The molecule has 0 amide bonds. The van der Waals surface area contributed by atoms with Crippen LogP contribution in [0.1, 0.15) is 19.3 Å². The van der Waals surface area contributed by atoms with E-state index in [-0.39, 0.29) is 45.7 Å². The van der Waals surface area contributed by atoms with Gasteiger partial charge in [-0.3, -0.25) is 0 Å². The maximum atomic E-state index is 13.5. The molecule has 3 heterocycles. The molecule has 1 aliphatic carbocycles. The first-order valence-electron chi connectivity index (χ1n) is 10.3. The Hall–Kier alpha value is -2.17. The zero-order chi connectivity index (χ0) is 22.7. The number of hydrogen-bond acceptors (Lipinski definition) is 10. The summed E-state index contributed by atoms with van der Waals surface area (Å²) in [5, 5.41) is 23.7. The largest absolute Gasteiger partial charge is 0.390 e. The number of sulfonamides is 1. The topological polar surface area (TPSA) is 206 Å². The van der Waals surface area contributed by atoms with Crippen molar-refractivity contribution in [2.45, 2.75) is 41.2 Å². The number of aliphatic hydroxyl groups excluding tert-OH is 1. The number of aromatic amines is 1. The smallest absolute Gasteiger partial charge is 0.293 e. The molecule has 2 unspecified atom stereocenters. The number of rotatable bonds is 6. The molecule has 7 N–H and O–H groups in total. The van der Waals surface area contributed by atoms with Gasteiger partial charge < -0.3 is 21.5 Å². The molecule has 32 heavy (non-hydrogen) atoms. The van der Waals surface area contributed by atoms with Crippen LogP contribution in [-0.4, -0.2) is 76.7 Å². The molecule has 2 aliphatic heterocycles. The van der Waals surface area contributed by atoms with E-state index in [2.05, 4.69) is 34.0 Å². The van der Waals surface area contributed by atoms with E-state index in [9.17, 15) is 17.7 Å². The van der Waals surface area contributed by atoms with Crippen LogP contribution in [0.2, 0.25) is 0 Å². The molecule has 1 spiro atoms. The molecule has 1 aromatic heterocycles. The molecule has 174 valence electrons. The zero-order valence-electron chi connectivity index (χ0n) is 17.1. The van der Waals surface area contributed by atoms with E-state index in [1.165, 1.54) is 6.07 Å². The predicted molar refractivity (Wildman–Crippen MR) is 115 cm³/mol. The van der Waals surface area contributed by atoms with E-state index >= 15 is 0 Å². The first-order valence-corrected chi connectivity index (χ1v) is 13.2. The molecule has 15 heteroatoms. The van der Waals surface area contributed by atoms with Gasteiger partial charge in [-0.05, 0) is 42.0 Å².